The minimum Gasteiger partial charge on any atom is -0.385 e. The van der Waals surface area contributed by atoms with Crippen molar-refractivity contribution in [3.05, 3.63) is 17.9 Å². The number of rotatable bonds is 2. The van der Waals surface area contributed by atoms with Gasteiger partial charge in [0.2, 0.25) is 0 Å². The zero-order valence-corrected chi connectivity index (χ0v) is 8.33. The number of aliphatic hydroxyl groups is 1. The van der Waals surface area contributed by atoms with Crippen LogP contribution in [0.5, 0.6) is 0 Å². The molecule has 13 heavy (non-hydrogen) atoms. The molecule has 1 fully saturated rings. The van der Waals surface area contributed by atoms with E-state index in [1.165, 1.54) is 0 Å². The summed E-state index contributed by atoms with van der Waals surface area (Å²) in [5, 5.41) is 9.71. The molecule has 0 aromatic carbocycles. The monoisotopic (exact) mass is 184 g/mol. The van der Waals surface area contributed by atoms with Gasteiger partial charge in [-0.1, -0.05) is 6.58 Å². The molecule has 1 rings (SSSR count). The second kappa shape index (κ2) is 3.64. The maximum atomic E-state index is 9.71. The molecule has 0 saturated carbocycles. The van der Waals surface area contributed by atoms with E-state index in [-0.39, 0.29) is 6.10 Å². The summed E-state index contributed by atoms with van der Waals surface area (Å²) in [5.41, 5.74) is 3.34. The van der Waals surface area contributed by atoms with Gasteiger partial charge in [-0.05, 0) is 26.3 Å². The molecule has 0 aromatic rings. The topological polar surface area (TPSA) is 38.7 Å². The Morgan fingerprint density at radius 1 is 1.69 bits per heavy atom. The van der Waals surface area contributed by atoms with Crippen molar-refractivity contribution in [1.82, 2.24) is 0 Å². The summed E-state index contributed by atoms with van der Waals surface area (Å²) in [5.74, 6) is -0.590. The van der Waals surface area contributed by atoms with E-state index in [4.69, 9.17) is 9.47 Å². The quantitative estimate of drug-likeness (QED) is 0.656. The summed E-state index contributed by atoms with van der Waals surface area (Å²) in [6, 6.07) is 0. The third kappa shape index (κ3) is 2.42. The summed E-state index contributed by atoms with van der Waals surface area (Å²) in [6.07, 6.45) is -0.969. The third-order valence-electron chi connectivity index (χ3n) is 2.11. The molecule has 1 heterocycles. The largest absolute Gasteiger partial charge is 0.385 e. The predicted octanol–water partition coefficient (Wildman–Crippen LogP) is 1.23. The summed E-state index contributed by atoms with van der Waals surface area (Å²) in [6.45, 7) is 9.30. The van der Waals surface area contributed by atoms with Crippen molar-refractivity contribution in [3.63, 3.8) is 0 Å². The van der Waals surface area contributed by atoms with Gasteiger partial charge in [0.1, 0.15) is 12.2 Å². The van der Waals surface area contributed by atoms with Gasteiger partial charge in [0.25, 0.3) is 0 Å². The number of ether oxygens (including phenoxy) is 2. The van der Waals surface area contributed by atoms with Crippen molar-refractivity contribution in [2.45, 2.75) is 38.8 Å². The lowest BCUT2D eigenvalue weighted by Gasteiger charge is -2.20. The van der Waals surface area contributed by atoms with Gasteiger partial charge in [0.15, 0.2) is 5.79 Å². The fraction of sp³-hybridized carbons (Fsp3) is 0.700. The molecular weight excluding hydrogens is 168 g/mol. The summed E-state index contributed by atoms with van der Waals surface area (Å²) in [7, 11) is 0. The number of hydrogen-bond donors (Lipinski definition) is 1. The normalized spacial score (nSPS) is 28.2. The molecule has 1 saturated heterocycles. The highest BCUT2D eigenvalue weighted by Gasteiger charge is 2.37. The lowest BCUT2D eigenvalue weighted by atomic mass is 10.1. The molecule has 1 aliphatic rings. The molecule has 0 bridgehead atoms. The van der Waals surface area contributed by atoms with E-state index < -0.39 is 11.9 Å². The van der Waals surface area contributed by atoms with Gasteiger partial charge in [0, 0.05) is 0 Å². The maximum Gasteiger partial charge on any atom is 0.163 e. The Bertz CT molecular complexity index is 239. The highest BCUT2D eigenvalue weighted by Crippen LogP contribution is 2.25. The Balaban J connectivity index is 2.61. The molecule has 2 atom stereocenters. The number of hydrogen-bond acceptors (Lipinski definition) is 3. The van der Waals surface area contributed by atoms with E-state index in [9.17, 15) is 5.11 Å². The smallest absolute Gasteiger partial charge is 0.163 e. The zero-order valence-electron chi connectivity index (χ0n) is 8.33. The fourth-order valence-corrected chi connectivity index (χ4v) is 1.25. The lowest BCUT2D eigenvalue weighted by molar-refractivity contribution is -0.148. The molecular formula is C10H16O3. The van der Waals surface area contributed by atoms with Crippen LogP contribution in [0.25, 0.3) is 0 Å². The van der Waals surface area contributed by atoms with Crippen LogP contribution in [0, 0.1) is 0 Å². The van der Waals surface area contributed by atoms with Crippen LogP contribution in [-0.4, -0.2) is 29.7 Å². The molecule has 0 radical (unpaired) electrons. The van der Waals surface area contributed by atoms with Gasteiger partial charge in [-0.3, -0.25) is 0 Å². The van der Waals surface area contributed by atoms with E-state index in [1.54, 1.807) is 6.92 Å². The molecule has 3 nitrogen and oxygen atoms in total. The molecule has 0 amide bonds. The summed E-state index contributed by atoms with van der Waals surface area (Å²) in [4.78, 5) is 0. The SMILES string of the molecule is C=C=C(C)C(O)C1COC(C)(C)O1. The molecule has 0 aliphatic carbocycles. The van der Waals surface area contributed by atoms with Crippen LogP contribution < -0.4 is 0 Å². The van der Waals surface area contributed by atoms with Crippen LogP contribution in [0.3, 0.4) is 0 Å². The molecule has 2 unspecified atom stereocenters. The van der Waals surface area contributed by atoms with Crippen LogP contribution in [0.2, 0.25) is 0 Å². The van der Waals surface area contributed by atoms with Crippen LogP contribution in [-0.2, 0) is 9.47 Å². The van der Waals surface area contributed by atoms with E-state index >= 15 is 0 Å². The van der Waals surface area contributed by atoms with Gasteiger partial charge in [-0.25, -0.2) is 0 Å². The van der Waals surface area contributed by atoms with Crippen molar-refractivity contribution >= 4 is 0 Å². The van der Waals surface area contributed by atoms with Gasteiger partial charge in [-0.15, -0.1) is 5.73 Å². The van der Waals surface area contributed by atoms with Crippen molar-refractivity contribution in [1.29, 1.82) is 0 Å². The van der Waals surface area contributed by atoms with Crippen LogP contribution in [0.4, 0.5) is 0 Å². The standard InChI is InChI=1S/C10H16O3/c1-5-7(2)9(11)8-6-12-10(3,4)13-8/h8-9,11H,1,6H2,2-4H3. The Morgan fingerprint density at radius 2 is 2.31 bits per heavy atom. The second-order valence-electron chi connectivity index (χ2n) is 3.67. The highest BCUT2D eigenvalue weighted by atomic mass is 16.7. The highest BCUT2D eigenvalue weighted by molar-refractivity contribution is 5.05. The maximum absolute atomic E-state index is 9.71. The molecule has 1 N–H and O–H groups in total. The number of aliphatic hydroxyl groups excluding tert-OH is 1. The molecule has 0 aromatic heterocycles. The second-order valence-corrected chi connectivity index (χ2v) is 3.67. The van der Waals surface area contributed by atoms with Gasteiger partial charge < -0.3 is 14.6 Å². The summed E-state index contributed by atoms with van der Waals surface area (Å²) >= 11 is 0. The Kier molecular flexibility index (Phi) is 2.94. The van der Waals surface area contributed by atoms with E-state index in [0.29, 0.717) is 12.2 Å². The summed E-state index contributed by atoms with van der Waals surface area (Å²) < 4.78 is 10.8. The van der Waals surface area contributed by atoms with E-state index in [0.717, 1.165) is 0 Å². The van der Waals surface area contributed by atoms with Crippen molar-refractivity contribution in [2.24, 2.45) is 0 Å². The van der Waals surface area contributed by atoms with Crippen LogP contribution >= 0.6 is 0 Å². The van der Waals surface area contributed by atoms with Gasteiger partial charge >= 0.3 is 0 Å². The van der Waals surface area contributed by atoms with Gasteiger partial charge in [-0.2, -0.15) is 0 Å². The fourth-order valence-electron chi connectivity index (χ4n) is 1.25. The first-order valence-corrected chi connectivity index (χ1v) is 4.32. The third-order valence-corrected chi connectivity index (χ3v) is 2.11. The van der Waals surface area contributed by atoms with E-state index in [2.05, 4.69) is 12.3 Å². The van der Waals surface area contributed by atoms with Crippen molar-refractivity contribution in [2.75, 3.05) is 6.61 Å². The average Bonchev–Trinajstić information content (AvgIpc) is 2.43. The molecule has 1 aliphatic heterocycles. The first-order valence-electron chi connectivity index (χ1n) is 4.32. The predicted molar refractivity (Wildman–Crippen MR) is 49.2 cm³/mol. The first-order chi connectivity index (χ1) is 5.96. The minimum atomic E-state index is -0.667. The van der Waals surface area contributed by atoms with Crippen molar-refractivity contribution < 1.29 is 14.6 Å². The Hall–Kier alpha value is -0.600. The Morgan fingerprint density at radius 3 is 2.69 bits per heavy atom. The zero-order chi connectivity index (χ0) is 10.1. The Labute approximate surface area is 78.7 Å². The van der Waals surface area contributed by atoms with Crippen molar-refractivity contribution in [3.8, 4) is 0 Å². The van der Waals surface area contributed by atoms with E-state index in [1.807, 2.05) is 13.8 Å². The lowest BCUT2D eigenvalue weighted by Crippen LogP contribution is -2.31. The molecule has 3 heteroatoms. The van der Waals surface area contributed by atoms with Crippen LogP contribution in [0.1, 0.15) is 20.8 Å². The van der Waals surface area contributed by atoms with Crippen LogP contribution in [0.15, 0.2) is 17.9 Å². The van der Waals surface area contributed by atoms with Gasteiger partial charge in [0.05, 0.1) is 6.61 Å². The first kappa shape index (κ1) is 10.5. The molecule has 74 valence electrons. The average molecular weight is 184 g/mol. The molecule has 0 spiro atoms. The minimum absolute atomic E-state index is 0.302.